The molecule has 0 amide bonds. The van der Waals surface area contributed by atoms with Gasteiger partial charge in [0.2, 0.25) is 6.33 Å². The van der Waals surface area contributed by atoms with E-state index in [9.17, 15) is 5.21 Å². The van der Waals surface area contributed by atoms with Crippen LogP contribution in [0.2, 0.25) is 0 Å². The van der Waals surface area contributed by atoms with Crippen molar-refractivity contribution in [3.05, 3.63) is 42.0 Å². The second-order valence-electron chi connectivity index (χ2n) is 3.13. The highest BCUT2D eigenvalue weighted by Gasteiger charge is 2.08. The molecule has 0 saturated carbocycles. The lowest BCUT2D eigenvalue weighted by atomic mass is 10.2. The van der Waals surface area contributed by atoms with Gasteiger partial charge < -0.3 is 5.21 Å². The van der Waals surface area contributed by atoms with E-state index in [1.807, 2.05) is 24.3 Å². The van der Waals surface area contributed by atoms with Gasteiger partial charge in [0.25, 0.3) is 0 Å². The Balaban J connectivity index is 2.65. The molecule has 0 atom stereocenters. The van der Waals surface area contributed by atoms with Crippen molar-refractivity contribution in [2.75, 3.05) is 0 Å². The maximum Gasteiger partial charge on any atom is 0.245 e. The third-order valence-corrected chi connectivity index (χ3v) is 2.31. The van der Waals surface area contributed by atoms with E-state index in [1.165, 1.54) is 6.33 Å². The molecule has 4 nitrogen and oxygen atoms in total. The molecule has 0 aliphatic rings. The molecule has 1 N–H and O–H groups in total. The highest BCUT2D eigenvalue weighted by molar-refractivity contribution is 6.00. The van der Waals surface area contributed by atoms with Crippen LogP contribution in [0, 0.1) is 5.21 Å². The summed E-state index contributed by atoms with van der Waals surface area (Å²) in [6.45, 7) is 0. The van der Waals surface area contributed by atoms with Gasteiger partial charge in [0, 0.05) is 6.20 Å². The van der Waals surface area contributed by atoms with Gasteiger partial charge in [-0.1, -0.05) is 0 Å². The molecule has 0 spiro atoms. The number of nitrogens with zero attached hydrogens (tertiary/aromatic N) is 2. The number of pyridine rings is 1. The van der Waals surface area contributed by atoms with Crippen molar-refractivity contribution in [1.29, 1.82) is 0 Å². The second kappa shape index (κ2) is 2.45. The molecule has 2 aromatic heterocycles. The zero-order valence-corrected chi connectivity index (χ0v) is 7.27. The van der Waals surface area contributed by atoms with Gasteiger partial charge in [-0.2, -0.15) is 0 Å². The van der Waals surface area contributed by atoms with Crippen LogP contribution in [-0.2, 0) is 0 Å². The first-order valence-corrected chi connectivity index (χ1v) is 4.30. The molecule has 14 heavy (non-hydrogen) atoms. The molecule has 0 aliphatic carbocycles. The molecule has 0 saturated heterocycles. The standard InChI is InChI=1S/C10H7N3O/c14-13-6-12-9-4-3-8-7(10(9)13)2-1-5-11-8/h1-6,12H. The van der Waals surface area contributed by atoms with E-state index in [0.717, 1.165) is 21.2 Å². The van der Waals surface area contributed by atoms with E-state index in [-0.39, 0.29) is 0 Å². The fraction of sp³-hybridized carbons (Fsp3) is 0. The summed E-state index contributed by atoms with van der Waals surface area (Å²) in [5.74, 6) is 0. The fourth-order valence-electron chi connectivity index (χ4n) is 1.68. The Morgan fingerprint density at radius 1 is 1.29 bits per heavy atom. The van der Waals surface area contributed by atoms with Gasteiger partial charge in [0.15, 0.2) is 11.0 Å². The Morgan fingerprint density at radius 2 is 2.21 bits per heavy atom. The first kappa shape index (κ1) is 7.32. The van der Waals surface area contributed by atoms with Crippen molar-refractivity contribution >= 4 is 21.9 Å². The molecule has 0 aliphatic heterocycles. The van der Waals surface area contributed by atoms with Crippen LogP contribution in [0.15, 0.2) is 36.8 Å². The van der Waals surface area contributed by atoms with Gasteiger partial charge in [-0.15, -0.1) is 0 Å². The number of H-pyrrole nitrogens is 1. The minimum absolute atomic E-state index is 0.649. The van der Waals surface area contributed by atoms with Crippen LogP contribution in [0.1, 0.15) is 0 Å². The number of aromatic amines is 1. The third kappa shape index (κ3) is 0.821. The number of benzene rings is 1. The smallest absolute Gasteiger partial charge is 0.245 e. The third-order valence-electron chi connectivity index (χ3n) is 2.31. The van der Waals surface area contributed by atoms with Gasteiger partial charge in [0.05, 0.1) is 10.9 Å². The van der Waals surface area contributed by atoms with E-state index in [1.54, 1.807) is 6.20 Å². The average Bonchev–Trinajstić information content (AvgIpc) is 2.61. The molecule has 4 heteroatoms. The Hall–Kier alpha value is -2.10. The van der Waals surface area contributed by atoms with E-state index in [2.05, 4.69) is 9.97 Å². The van der Waals surface area contributed by atoms with E-state index in [4.69, 9.17) is 0 Å². The molecule has 0 unspecified atom stereocenters. The number of fused-ring (bicyclic) bond motifs is 3. The number of rotatable bonds is 0. The van der Waals surface area contributed by atoms with Crippen molar-refractivity contribution in [2.24, 2.45) is 0 Å². The highest BCUT2D eigenvalue weighted by atomic mass is 16.5. The molecule has 3 aromatic rings. The largest absolute Gasteiger partial charge is 0.710 e. The van der Waals surface area contributed by atoms with Crippen molar-refractivity contribution in [3.63, 3.8) is 0 Å². The van der Waals surface area contributed by atoms with Gasteiger partial charge in [0.1, 0.15) is 0 Å². The van der Waals surface area contributed by atoms with Crippen LogP contribution in [0.5, 0.6) is 0 Å². The van der Waals surface area contributed by atoms with Crippen molar-refractivity contribution in [1.82, 2.24) is 9.97 Å². The summed E-state index contributed by atoms with van der Waals surface area (Å²) in [5, 5.41) is 12.3. The minimum Gasteiger partial charge on any atom is -0.710 e. The normalized spacial score (nSPS) is 11.1. The zero-order chi connectivity index (χ0) is 9.54. The van der Waals surface area contributed by atoms with Crippen LogP contribution < -0.4 is 4.73 Å². The summed E-state index contributed by atoms with van der Waals surface area (Å²) < 4.78 is 0.833. The molecule has 1 aromatic carbocycles. The summed E-state index contributed by atoms with van der Waals surface area (Å²) >= 11 is 0. The summed E-state index contributed by atoms with van der Waals surface area (Å²) in [5.41, 5.74) is 2.32. The molecular weight excluding hydrogens is 178 g/mol. The molecular formula is C10H7N3O. The molecule has 0 bridgehead atoms. The fourth-order valence-corrected chi connectivity index (χ4v) is 1.68. The Labute approximate surface area is 79.4 Å². The lowest BCUT2D eigenvalue weighted by Crippen LogP contribution is -2.22. The van der Waals surface area contributed by atoms with E-state index < -0.39 is 0 Å². The summed E-state index contributed by atoms with van der Waals surface area (Å²) in [4.78, 5) is 7.09. The van der Waals surface area contributed by atoms with Crippen LogP contribution in [-0.4, -0.2) is 9.97 Å². The van der Waals surface area contributed by atoms with Crippen LogP contribution >= 0.6 is 0 Å². The molecule has 2 heterocycles. The summed E-state index contributed by atoms with van der Waals surface area (Å²) in [6, 6.07) is 7.48. The van der Waals surface area contributed by atoms with Crippen molar-refractivity contribution in [3.8, 4) is 0 Å². The highest BCUT2D eigenvalue weighted by Crippen LogP contribution is 2.18. The van der Waals surface area contributed by atoms with Gasteiger partial charge in [-0.05, 0) is 24.3 Å². The first-order chi connectivity index (χ1) is 6.86. The van der Waals surface area contributed by atoms with Crippen LogP contribution in [0.3, 0.4) is 0 Å². The van der Waals surface area contributed by atoms with Crippen molar-refractivity contribution < 1.29 is 4.73 Å². The maximum absolute atomic E-state index is 11.5. The second-order valence-corrected chi connectivity index (χ2v) is 3.13. The topological polar surface area (TPSA) is 55.6 Å². The van der Waals surface area contributed by atoms with Gasteiger partial charge in [-0.3, -0.25) is 4.98 Å². The molecule has 68 valence electrons. The Kier molecular flexibility index (Phi) is 1.28. The van der Waals surface area contributed by atoms with Crippen molar-refractivity contribution in [2.45, 2.75) is 0 Å². The lowest BCUT2D eigenvalue weighted by Gasteiger charge is -1.99. The lowest BCUT2D eigenvalue weighted by molar-refractivity contribution is -0.575. The number of hydrogen-bond donors (Lipinski definition) is 1. The number of imidazole rings is 1. The van der Waals surface area contributed by atoms with Crippen LogP contribution in [0.25, 0.3) is 21.9 Å². The summed E-state index contributed by atoms with van der Waals surface area (Å²) in [6.07, 6.45) is 3.12. The van der Waals surface area contributed by atoms with E-state index in [0.29, 0.717) is 5.52 Å². The quantitative estimate of drug-likeness (QED) is 0.424. The monoisotopic (exact) mass is 185 g/mol. The number of nitrogens with one attached hydrogen (secondary N) is 1. The zero-order valence-electron chi connectivity index (χ0n) is 7.27. The predicted octanol–water partition coefficient (Wildman–Crippen LogP) is 1.35. The first-order valence-electron chi connectivity index (χ1n) is 4.30. The number of aromatic nitrogens is 3. The predicted molar refractivity (Wildman–Crippen MR) is 52.6 cm³/mol. The van der Waals surface area contributed by atoms with Gasteiger partial charge in [-0.25, -0.2) is 9.71 Å². The Bertz CT molecular complexity index is 615. The molecule has 0 radical (unpaired) electrons. The van der Waals surface area contributed by atoms with Crippen LogP contribution in [0.4, 0.5) is 0 Å². The number of hydrogen-bond acceptors (Lipinski definition) is 2. The summed E-state index contributed by atoms with van der Waals surface area (Å²) in [7, 11) is 0. The molecule has 0 fully saturated rings. The average molecular weight is 185 g/mol. The SMILES string of the molecule is [O-][n+]1c[nH]c2ccc3ncccc3c21. The van der Waals surface area contributed by atoms with Gasteiger partial charge >= 0.3 is 0 Å². The maximum atomic E-state index is 11.5. The van der Waals surface area contributed by atoms with E-state index >= 15 is 0 Å². The Morgan fingerprint density at radius 3 is 3.14 bits per heavy atom. The minimum atomic E-state index is 0.649. The molecule has 3 rings (SSSR count).